The predicted molar refractivity (Wildman–Crippen MR) is 75.2 cm³/mol. The standard InChI is InChI=1S/C11H14IN3O2/c1-7-9(13)4-5-14(7)10-3-2-8(12)6-11(10)15(16)17/h2-3,6-7,9H,4-5,13H2,1H3. The summed E-state index contributed by atoms with van der Waals surface area (Å²) in [5.41, 5.74) is 6.79. The van der Waals surface area contributed by atoms with Crippen molar-refractivity contribution in [1.82, 2.24) is 0 Å². The van der Waals surface area contributed by atoms with Gasteiger partial charge in [-0.25, -0.2) is 0 Å². The molecule has 5 nitrogen and oxygen atoms in total. The molecule has 0 spiro atoms. The number of rotatable bonds is 2. The van der Waals surface area contributed by atoms with E-state index in [2.05, 4.69) is 22.6 Å². The van der Waals surface area contributed by atoms with E-state index in [4.69, 9.17) is 5.73 Å². The predicted octanol–water partition coefficient (Wildman–Crippen LogP) is 2.13. The Morgan fingerprint density at radius 1 is 1.59 bits per heavy atom. The molecule has 17 heavy (non-hydrogen) atoms. The smallest absolute Gasteiger partial charge is 0.293 e. The molecular weight excluding hydrogens is 333 g/mol. The summed E-state index contributed by atoms with van der Waals surface area (Å²) in [6.07, 6.45) is 0.879. The molecule has 0 aliphatic carbocycles. The molecule has 1 heterocycles. The summed E-state index contributed by atoms with van der Waals surface area (Å²) in [4.78, 5) is 12.8. The molecule has 0 amide bonds. The van der Waals surface area contributed by atoms with Crippen molar-refractivity contribution >= 4 is 34.0 Å². The molecule has 2 N–H and O–H groups in total. The lowest BCUT2D eigenvalue weighted by molar-refractivity contribution is -0.384. The molecule has 1 aliphatic rings. The molecule has 0 radical (unpaired) electrons. The van der Waals surface area contributed by atoms with Crippen LogP contribution in [-0.4, -0.2) is 23.6 Å². The van der Waals surface area contributed by atoms with E-state index in [1.54, 1.807) is 6.07 Å². The van der Waals surface area contributed by atoms with Gasteiger partial charge >= 0.3 is 0 Å². The van der Waals surface area contributed by atoms with E-state index in [-0.39, 0.29) is 22.7 Å². The molecule has 0 aromatic heterocycles. The number of hydrogen-bond donors (Lipinski definition) is 1. The van der Waals surface area contributed by atoms with Crippen LogP contribution in [0.3, 0.4) is 0 Å². The fourth-order valence-electron chi connectivity index (χ4n) is 2.19. The average molecular weight is 347 g/mol. The Bertz CT molecular complexity index is 452. The second kappa shape index (κ2) is 4.77. The van der Waals surface area contributed by atoms with Gasteiger partial charge in [0.25, 0.3) is 5.69 Å². The van der Waals surface area contributed by atoms with Crippen LogP contribution in [0.2, 0.25) is 0 Å². The summed E-state index contributed by atoms with van der Waals surface area (Å²) in [6, 6.07) is 5.54. The first-order valence-electron chi connectivity index (χ1n) is 5.47. The van der Waals surface area contributed by atoms with Crippen molar-refractivity contribution in [2.24, 2.45) is 5.73 Å². The highest BCUT2D eigenvalue weighted by molar-refractivity contribution is 14.1. The minimum absolute atomic E-state index is 0.0916. The summed E-state index contributed by atoms with van der Waals surface area (Å²) < 4.78 is 0.870. The van der Waals surface area contributed by atoms with Crippen molar-refractivity contribution in [2.45, 2.75) is 25.4 Å². The molecule has 1 fully saturated rings. The molecule has 1 aromatic carbocycles. The van der Waals surface area contributed by atoms with E-state index in [0.29, 0.717) is 5.69 Å². The lowest BCUT2D eigenvalue weighted by Gasteiger charge is -2.25. The van der Waals surface area contributed by atoms with E-state index < -0.39 is 0 Å². The van der Waals surface area contributed by atoms with E-state index in [0.717, 1.165) is 16.5 Å². The molecule has 2 atom stereocenters. The number of anilines is 1. The third kappa shape index (κ3) is 2.37. The average Bonchev–Trinajstić information content (AvgIpc) is 2.60. The zero-order chi connectivity index (χ0) is 12.6. The first-order chi connectivity index (χ1) is 8.00. The van der Waals surface area contributed by atoms with Gasteiger partial charge in [-0.3, -0.25) is 10.1 Å². The van der Waals surface area contributed by atoms with Gasteiger partial charge in [0.2, 0.25) is 0 Å². The van der Waals surface area contributed by atoms with Gasteiger partial charge < -0.3 is 10.6 Å². The molecule has 1 aromatic rings. The van der Waals surface area contributed by atoms with Gasteiger partial charge in [0.15, 0.2) is 0 Å². The Morgan fingerprint density at radius 3 is 2.82 bits per heavy atom. The quantitative estimate of drug-likeness (QED) is 0.505. The number of benzene rings is 1. The summed E-state index contributed by atoms with van der Waals surface area (Å²) in [5.74, 6) is 0. The monoisotopic (exact) mass is 347 g/mol. The van der Waals surface area contributed by atoms with Crippen LogP contribution in [0.25, 0.3) is 0 Å². The van der Waals surface area contributed by atoms with Gasteiger partial charge in [0, 0.05) is 28.3 Å². The third-order valence-corrected chi connectivity index (χ3v) is 3.93. The van der Waals surface area contributed by atoms with E-state index in [1.165, 1.54) is 0 Å². The van der Waals surface area contributed by atoms with Crippen molar-refractivity contribution in [1.29, 1.82) is 0 Å². The van der Waals surface area contributed by atoms with Crippen molar-refractivity contribution < 1.29 is 4.92 Å². The number of hydrogen-bond acceptors (Lipinski definition) is 4. The lowest BCUT2D eigenvalue weighted by atomic mass is 10.1. The molecule has 2 rings (SSSR count). The summed E-state index contributed by atoms with van der Waals surface area (Å²) in [7, 11) is 0. The van der Waals surface area contributed by atoms with Crippen LogP contribution in [0.15, 0.2) is 18.2 Å². The largest absolute Gasteiger partial charge is 0.362 e. The van der Waals surface area contributed by atoms with Crippen LogP contribution in [-0.2, 0) is 0 Å². The van der Waals surface area contributed by atoms with Crippen LogP contribution in [0.5, 0.6) is 0 Å². The highest BCUT2D eigenvalue weighted by Gasteiger charge is 2.31. The van der Waals surface area contributed by atoms with Crippen LogP contribution in [0.4, 0.5) is 11.4 Å². The number of nitro groups is 1. The fourth-order valence-corrected chi connectivity index (χ4v) is 2.66. The lowest BCUT2D eigenvalue weighted by Crippen LogP contribution is -2.37. The van der Waals surface area contributed by atoms with Gasteiger partial charge in [0.05, 0.1) is 4.92 Å². The molecule has 1 saturated heterocycles. The molecule has 6 heteroatoms. The Labute approximate surface area is 113 Å². The molecule has 92 valence electrons. The number of halogens is 1. The van der Waals surface area contributed by atoms with Crippen molar-refractivity contribution in [3.8, 4) is 0 Å². The summed E-state index contributed by atoms with van der Waals surface area (Å²) >= 11 is 2.08. The minimum Gasteiger partial charge on any atom is -0.362 e. The highest BCUT2D eigenvalue weighted by atomic mass is 127. The number of nitro benzene ring substituents is 1. The molecule has 1 aliphatic heterocycles. The highest BCUT2D eigenvalue weighted by Crippen LogP contribution is 2.34. The number of nitrogens with two attached hydrogens (primary N) is 1. The van der Waals surface area contributed by atoms with Crippen LogP contribution < -0.4 is 10.6 Å². The molecule has 0 bridgehead atoms. The van der Waals surface area contributed by atoms with Crippen LogP contribution in [0.1, 0.15) is 13.3 Å². The molecule has 0 saturated carbocycles. The molecular formula is C11H14IN3O2. The van der Waals surface area contributed by atoms with E-state index in [1.807, 2.05) is 24.0 Å². The maximum Gasteiger partial charge on any atom is 0.293 e. The topological polar surface area (TPSA) is 72.4 Å². The fraction of sp³-hybridized carbons (Fsp3) is 0.455. The van der Waals surface area contributed by atoms with Crippen molar-refractivity contribution in [2.75, 3.05) is 11.4 Å². The normalized spacial score (nSPS) is 24.1. The summed E-state index contributed by atoms with van der Waals surface area (Å²) in [5, 5.41) is 11.1. The Hall–Kier alpha value is -0.890. The van der Waals surface area contributed by atoms with Gasteiger partial charge in [0.1, 0.15) is 5.69 Å². The second-order valence-electron chi connectivity index (χ2n) is 4.28. The van der Waals surface area contributed by atoms with E-state index in [9.17, 15) is 10.1 Å². The van der Waals surface area contributed by atoms with Gasteiger partial charge in [-0.05, 0) is 48.1 Å². The summed E-state index contributed by atoms with van der Waals surface area (Å²) in [6.45, 7) is 2.79. The maximum absolute atomic E-state index is 11.1. The van der Waals surface area contributed by atoms with E-state index >= 15 is 0 Å². The Morgan fingerprint density at radius 2 is 2.29 bits per heavy atom. The van der Waals surface area contributed by atoms with Crippen LogP contribution in [0, 0.1) is 13.7 Å². The second-order valence-corrected chi connectivity index (χ2v) is 5.52. The van der Waals surface area contributed by atoms with Crippen molar-refractivity contribution in [3.63, 3.8) is 0 Å². The first-order valence-corrected chi connectivity index (χ1v) is 6.54. The Balaban J connectivity index is 2.42. The van der Waals surface area contributed by atoms with Crippen molar-refractivity contribution in [3.05, 3.63) is 31.9 Å². The van der Waals surface area contributed by atoms with Gasteiger partial charge in [-0.15, -0.1) is 0 Å². The minimum atomic E-state index is -0.325. The Kier molecular flexibility index (Phi) is 3.53. The van der Waals surface area contributed by atoms with Gasteiger partial charge in [-0.1, -0.05) is 0 Å². The van der Waals surface area contributed by atoms with Crippen LogP contribution >= 0.6 is 22.6 Å². The molecule has 2 unspecified atom stereocenters. The maximum atomic E-state index is 11.1. The first kappa shape index (κ1) is 12.6. The zero-order valence-electron chi connectivity index (χ0n) is 9.47. The third-order valence-electron chi connectivity index (χ3n) is 3.26. The van der Waals surface area contributed by atoms with Gasteiger partial charge in [-0.2, -0.15) is 0 Å². The zero-order valence-corrected chi connectivity index (χ0v) is 11.6. The number of nitrogens with zero attached hydrogens (tertiary/aromatic N) is 2. The SMILES string of the molecule is CC1C(N)CCN1c1ccc(I)cc1[N+](=O)[O-].